The fraction of sp³-hybridized carbons (Fsp3) is 0.444. The van der Waals surface area contributed by atoms with Crippen LogP contribution in [0.1, 0.15) is 17.6 Å². The number of carbonyl (C=O) groups is 1. The second-order valence-corrected chi connectivity index (χ2v) is 4.44. The molecule has 2 rings (SSSR count). The van der Waals surface area contributed by atoms with Crippen LogP contribution in [0.25, 0.3) is 0 Å². The molecule has 0 amide bonds. The number of rotatable bonds is 5. The topological polar surface area (TPSA) is 78.5 Å². The minimum Gasteiger partial charge on any atom is -0.273 e. The predicted molar refractivity (Wildman–Crippen MR) is 61.6 cm³/mol. The van der Waals surface area contributed by atoms with Gasteiger partial charge in [0.2, 0.25) is 11.1 Å². The van der Waals surface area contributed by atoms with E-state index in [-0.39, 0.29) is 5.91 Å². The Hall–Kier alpha value is -1.70. The fourth-order valence-electron chi connectivity index (χ4n) is 1.26. The lowest BCUT2D eigenvalue weighted by Crippen LogP contribution is -2.10. The van der Waals surface area contributed by atoms with Crippen LogP contribution in [0.4, 0.5) is 0 Å². The molecule has 2 aromatic heterocycles. The van der Waals surface area contributed by atoms with E-state index < -0.39 is 0 Å². The Bertz CT molecular complexity index is 479. The van der Waals surface area contributed by atoms with Gasteiger partial charge in [-0.1, -0.05) is 11.8 Å². The van der Waals surface area contributed by atoms with Crippen molar-refractivity contribution in [3.05, 3.63) is 18.5 Å². The Balaban J connectivity index is 1.70. The standard InChI is InChI=1S/C9H12N6OS/c1-14-9(11-12-13-14)17-7-2-4-8(16)15-6-3-5-10-15/h3,5-6H,2,4,7H2,1H3. The first-order chi connectivity index (χ1) is 8.27. The second kappa shape index (κ2) is 5.58. The van der Waals surface area contributed by atoms with Gasteiger partial charge in [0.05, 0.1) is 0 Å². The van der Waals surface area contributed by atoms with Crippen LogP contribution in [0.5, 0.6) is 0 Å². The predicted octanol–water partition coefficient (Wildman–Crippen LogP) is 0.619. The number of aromatic nitrogens is 6. The number of hydrogen-bond donors (Lipinski definition) is 0. The Morgan fingerprint density at radius 3 is 3.06 bits per heavy atom. The van der Waals surface area contributed by atoms with Crippen molar-refractivity contribution in [3.63, 3.8) is 0 Å². The zero-order chi connectivity index (χ0) is 12.1. The Kier molecular flexibility index (Phi) is 3.86. The Morgan fingerprint density at radius 1 is 1.53 bits per heavy atom. The molecule has 17 heavy (non-hydrogen) atoms. The van der Waals surface area contributed by atoms with E-state index in [1.807, 2.05) is 0 Å². The molecule has 0 spiro atoms. The first-order valence-electron chi connectivity index (χ1n) is 5.15. The summed E-state index contributed by atoms with van der Waals surface area (Å²) >= 11 is 1.54. The highest BCUT2D eigenvalue weighted by atomic mass is 32.2. The van der Waals surface area contributed by atoms with Gasteiger partial charge < -0.3 is 0 Å². The molecule has 0 saturated carbocycles. The zero-order valence-corrected chi connectivity index (χ0v) is 10.2. The van der Waals surface area contributed by atoms with Gasteiger partial charge in [0, 0.05) is 31.6 Å². The molecular formula is C9H12N6OS. The van der Waals surface area contributed by atoms with E-state index in [2.05, 4.69) is 20.6 Å². The summed E-state index contributed by atoms with van der Waals surface area (Å²) in [7, 11) is 1.79. The van der Waals surface area contributed by atoms with Gasteiger partial charge in [-0.3, -0.25) is 4.79 Å². The minimum absolute atomic E-state index is 0.00619. The van der Waals surface area contributed by atoms with Crippen molar-refractivity contribution in [2.24, 2.45) is 7.05 Å². The van der Waals surface area contributed by atoms with Crippen LogP contribution in [0.2, 0.25) is 0 Å². The van der Waals surface area contributed by atoms with Gasteiger partial charge >= 0.3 is 0 Å². The van der Waals surface area contributed by atoms with Crippen molar-refractivity contribution in [3.8, 4) is 0 Å². The summed E-state index contributed by atoms with van der Waals surface area (Å²) in [6, 6.07) is 1.73. The van der Waals surface area contributed by atoms with Crippen molar-refractivity contribution >= 4 is 17.7 Å². The molecule has 0 fully saturated rings. The molecule has 2 heterocycles. The summed E-state index contributed by atoms with van der Waals surface area (Å²) < 4.78 is 2.97. The summed E-state index contributed by atoms with van der Waals surface area (Å²) in [4.78, 5) is 11.6. The number of hydrogen-bond acceptors (Lipinski definition) is 6. The third-order valence-corrected chi connectivity index (χ3v) is 3.20. The monoisotopic (exact) mass is 252 g/mol. The third-order valence-electron chi connectivity index (χ3n) is 2.11. The van der Waals surface area contributed by atoms with Crippen LogP contribution in [0.15, 0.2) is 23.6 Å². The molecule has 0 saturated heterocycles. The normalized spacial score (nSPS) is 10.6. The van der Waals surface area contributed by atoms with Gasteiger partial charge in [0.25, 0.3) is 0 Å². The summed E-state index contributed by atoms with van der Waals surface area (Å²) in [5.41, 5.74) is 0. The largest absolute Gasteiger partial charge is 0.273 e. The first-order valence-corrected chi connectivity index (χ1v) is 6.14. The quantitative estimate of drug-likeness (QED) is 0.573. The van der Waals surface area contributed by atoms with Gasteiger partial charge in [0.1, 0.15) is 0 Å². The fourth-order valence-corrected chi connectivity index (χ4v) is 2.05. The molecule has 0 radical (unpaired) electrons. The van der Waals surface area contributed by atoms with Gasteiger partial charge in [0.15, 0.2) is 0 Å². The molecule has 0 aliphatic carbocycles. The maximum Gasteiger partial charge on any atom is 0.246 e. The zero-order valence-electron chi connectivity index (χ0n) is 9.35. The highest BCUT2D eigenvalue weighted by Gasteiger charge is 2.06. The van der Waals surface area contributed by atoms with Crippen LogP contribution in [0, 0.1) is 0 Å². The smallest absolute Gasteiger partial charge is 0.246 e. The summed E-state index contributed by atoms with van der Waals surface area (Å²) in [6.07, 6.45) is 4.50. The molecule has 0 bridgehead atoms. The van der Waals surface area contributed by atoms with E-state index in [0.717, 1.165) is 17.3 Å². The number of nitrogens with zero attached hydrogens (tertiary/aromatic N) is 6. The third kappa shape index (κ3) is 3.13. The van der Waals surface area contributed by atoms with E-state index in [1.54, 1.807) is 30.2 Å². The van der Waals surface area contributed by atoms with Crippen LogP contribution in [0.3, 0.4) is 0 Å². The molecular weight excluding hydrogens is 240 g/mol. The van der Waals surface area contributed by atoms with E-state index in [1.165, 1.54) is 16.4 Å². The van der Waals surface area contributed by atoms with Gasteiger partial charge in [-0.05, 0) is 22.9 Å². The lowest BCUT2D eigenvalue weighted by Gasteiger charge is -2.00. The maximum atomic E-state index is 11.6. The SMILES string of the molecule is Cn1nnnc1SCCCC(=O)n1cccn1. The average molecular weight is 252 g/mol. The van der Waals surface area contributed by atoms with Gasteiger partial charge in [-0.2, -0.15) is 5.10 Å². The molecule has 90 valence electrons. The maximum absolute atomic E-state index is 11.6. The molecule has 0 aromatic carbocycles. The first kappa shape index (κ1) is 11.8. The molecule has 0 atom stereocenters. The van der Waals surface area contributed by atoms with E-state index in [4.69, 9.17) is 0 Å². The Labute approximate surface area is 102 Å². The van der Waals surface area contributed by atoms with Crippen LogP contribution in [-0.2, 0) is 7.05 Å². The molecule has 0 aliphatic heterocycles. The van der Waals surface area contributed by atoms with Gasteiger partial charge in [-0.15, -0.1) is 5.10 Å². The number of thioether (sulfide) groups is 1. The van der Waals surface area contributed by atoms with Crippen molar-refractivity contribution in [2.75, 3.05) is 5.75 Å². The van der Waals surface area contributed by atoms with Crippen LogP contribution in [-0.4, -0.2) is 41.6 Å². The number of tetrazole rings is 1. The van der Waals surface area contributed by atoms with Gasteiger partial charge in [-0.25, -0.2) is 9.36 Å². The second-order valence-electron chi connectivity index (χ2n) is 3.38. The van der Waals surface area contributed by atoms with E-state index in [0.29, 0.717) is 6.42 Å². The number of aryl methyl sites for hydroxylation is 1. The van der Waals surface area contributed by atoms with Crippen molar-refractivity contribution in [1.29, 1.82) is 0 Å². The summed E-state index contributed by atoms with van der Waals surface area (Å²) in [6.45, 7) is 0. The summed E-state index contributed by atoms with van der Waals surface area (Å²) in [5.74, 6) is 0.813. The van der Waals surface area contributed by atoms with E-state index >= 15 is 0 Å². The molecule has 7 nitrogen and oxygen atoms in total. The Morgan fingerprint density at radius 2 is 2.41 bits per heavy atom. The van der Waals surface area contributed by atoms with Crippen LogP contribution < -0.4 is 0 Å². The molecule has 0 unspecified atom stereocenters. The highest BCUT2D eigenvalue weighted by Crippen LogP contribution is 2.14. The highest BCUT2D eigenvalue weighted by molar-refractivity contribution is 7.99. The van der Waals surface area contributed by atoms with E-state index in [9.17, 15) is 4.79 Å². The molecule has 2 aromatic rings. The lowest BCUT2D eigenvalue weighted by molar-refractivity contribution is 0.0886. The minimum atomic E-state index is 0.00619. The van der Waals surface area contributed by atoms with Crippen molar-refractivity contribution in [2.45, 2.75) is 18.0 Å². The average Bonchev–Trinajstić information content (AvgIpc) is 2.96. The molecule has 8 heteroatoms. The molecule has 0 N–H and O–H groups in total. The van der Waals surface area contributed by atoms with Crippen molar-refractivity contribution < 1.29 is 4.79 Å². The van der Waals surface area contributed by atoms with Crippen LogP contribution >= 0.6 is 11.8 Å². The summed E-state index contributed by atoms with van der Waals surface area (Å²) in [5, 5.41) is 15.8. The lowest BCUT2D eigenvalue weighted by atomic mass is 10.3. The number of carbonyl (C=O) groups excluding carboxylic acids is 1. The molecule has 0 aliphatic rings. The van der Waals surface area contributed by atoms with Crippen molar-refractivity contribution in [1.82, 2.24) is 30.0 Å².